The molecular weight excluding hydrogens is 428 g/mol. The Morgan fingerprint density at radius 1 is 1.00 bits per heavy atom. The molecule has 0 aliphatic heterocycles. The third-order valence-corrected chi connectivity index (χ3v) is 5.20. The molecule has 0 aliphatic carbocycles. The van der Waals surface area contributed by atoms with Crippen LogP contribution in [0.5, 0.6) is 5.75 Å². The molecule has 9 heteroatoms. The molecule has 0 bridgehead atoms. The Morgan fingerprint density at radius 2 is 1.70 bits per heavy atom. The number of hydrogen-bond acceptors (Lipinski definition) is 7. The van der Waals surface area contributed by atoms with E-state index < -0.39 is 30.2 Å². The van der Waals surface area contributed by atoms with Gasteiger partial charge in [-0.25, -0.2) is 9.59 Å². The molecule has 2 N–H and O–H groups in total. The van der Waals surface area contributed by atoms with Gasteiger partial charge in [-0.05, 0) is 24.1 Å². The van der Waals surface area contributed by atoms with Gasteiger partial charge in [0.15, 0.2) is 6.61 Å². The number of Topliss-reactive ketones (excluding diaryl/α,β-unsaturated/α-hetero) is 1. The molecule has 9 nitrogen and oxygen atoms in total. The predicted octanol–water partition coefficient (Wildman–Crippen LogP) is 2.26. The minimum Gasteiger partial charge on any atom is -0.481 e. The topological polar surface area (TPSA) is 127 Å². The largest absolute Gasteiger partial charge is 0.481 e. The second-order valence-corrected chi connectivity index (χ2v) is 7.17. The van der Waals surface area contributed by atoms with E-state index in [9.17, 15) is 19.2 Å². The van der Waals surface area contributed by atoms with E-state index in [2.05, 4.69) is 4.74 Å². The highest BCUT2D eigenvalue weighted by Gasteiger charge is 2.29. The molecule has 2 aromatic carbocycles. The summed E-state index contributed by atoms with van der Waals surface area (Å²) in [6, 6.07) is 12.4. The number of nitrogens with two attached hydrogens (primary N) is 1. The number of esters is 2. The van der Waals surface area contributed by atoms with Crippen molar-refractivity contribution >= 4 is 34.5 Å². The van der Waals surface area contributed by atoms with Crippen LogP contribution in [0.4, 0.5) is 0 Å². The average molecular weight is 452 g/mol. The standard InChI is InChI=1S/C24H24N2O7/c1-4-16-21(22(28)23(25)29)20-17(26(16)12-14-8-6-5-7-9-14)10-15(24(30)32-3)11-18(20)33-13-19(27)31-2/h5-11H,4,12-13H2,1-3H3,(H2,25,29). The molecule has 0 fully saturated rings. The molecule has 33 heavy (non-hydrogen) atoms. The summed E-state index contributed by atoms with van der Waals surface area (Å²) in [5, 5.41) is 0.281. The fourth-order valence-electron chi connectivity index (χ4n) is 3.72. The zero-order valence-electron chi connectivity index (χ0n) is 18.5. The lowest BCUT2D eigenvalue weighted by Crippen LogP contribution is -2.24. The number of amides is 1. The van der Waals surface area contributed by atoms with Crippen molar-refractivity contribution in [3.63, 3.8) is 0 Å². The van der Waals surface area contributed by atoms with Gasteiger partial charge in [-0.3, -0.25) is 9.59 Å². The van der Waals surface area contributed by atoms with Gasteiger partial charge in [-0.2, -0.15) is 0 Å². The van der Waals surface area contributed by atoms with Crippen LogP contribution in [0, 0.1) is 0 Å². The van der Waals surface area contributed by atoms with Gasteiger partial charge in [0.2, 0.25) is 0 Å². The summed E-state index contributed by atoms with van der Waals surface area (Å²) < 4.78 is 17.0. The van der Waals surface area contributed by atoms with Crippen molar-refractivity contribution in [3.8, 4) is 5.75 Å². The van der Waals surface area contributed by atoms with Crippen LogP contribution in [0.15, 0.2) is 42.5 Å². The number of aromatic nitrogens is 1. The van der Waals surface area contributed by atoms with E-state index >= 15 is 0 Å². The van der Waals surface area contributed by atoms with Crippen LogP contribution in [0.3, 0.4) is 0 Å². The maximum absolute atomic E-state index is 12.9. The molecule has 0 saturated heterocycles. The Bertz CT molecular complexity index is 1230. The van der Waals surface area contributed by atoms with Crippen LogP contribution >= 0.6 is 0 Å². The summed E-state index contributed by atoms with van der Waals surface area (Å²) in [6.45, 7) is 1.73. The van der Waals surface area contributed by atoms with Gasteiger partial charge in [-0.15, -0.1) is 0 Å². The zero-order chi connectivity index (χ0) is 24.1. The molecule has 0 saturated carbocycles. The van der Waals surface area contributed by atoms with Gasteiger partial charge in [0.25, 0.3) is 11.7 Å². The number of primary amides is 1. The lowest BCUT2D eigenvalue weighted by Gasteiger charge is -2.12. The third-order valence-electron chi connectivity index (χ3n) is 5.20. The van der Waals surface area contributed by atoms with Crippen molar-refractivity contribution in [1.82, 2.24) is 4.57 Å². The van der Waals surface area contributed by atoms with E-state index in [0.29, 0.717) is 24.2 Å². The first kappa shape index (κ1) is 23.5. The SMILES string of the molecule is CCc1c(C(=O)C(N)=O)c2c(OCC(=O)OC)cc(C(=O)OC)cc2n1Cc1ccccc1. The van der Waals surface area contributed by atoms with Crippen molar-refractivity contribution in [2.24, 2.45) is 5.73 Å². The lowest BCUT2D eigenvalue weighted by atomic mass is 10.0. The maximum Gasteiger partial charge on any atom is 0.343 e. The number of methoxy groups -OCH3 is 2. The van der Waals surface area contributed by atoms with Gasteiger partial charge in [0, 0.05) is 12.2 Å². The number of fused-ring (bicyclic) bond motifs is 1. The highest BCUT2D eigenvalue weighted by atomic mass is 16.6. The van der Waals surface area contributed by atoms with Gasteiger partial charge < -0.3 is 24.5 Å². The fraction of sp³-hybridized carbons (Fsp3) is 0.250. The minimum absolute atomic E-state index is 0.0596. The van der Waals surface area contributed by atoms with Gasteiger partial charge >= 0.3 is 11.9 Å². The van der Waals surface area contributed by atoms with Crippen molar-refractivity contribution in [2.75, 3.05) is 20.8 Å². The van der Waals surface area contributed by atoms with E-state index in [1.165, 1.54) is 20.3 Å². The van der Waals surface area contributed by atoms with Crippen molar-refractivity contribution in [3.05, 3.63) is 64.8 Å². The number of ether oxygens (including phenoxy) is 3. The molecule has 1 amide bonds. The Balaban J connectivity index is 2.37. The minimum atomic E-state index is -1.13. The summed E-state index contributed by atoms with van der Waals surface area (Å²) in [4.78, 5) is 48.9. The Labute approximate surface area is 190 Å². The Kier molecular flexibility index (Phi) is 7.12. The van der Waals surface area contributed by atoms with Crippen molar-refractivity contribution in [1.29, 1.82) is 0 Å². The van der Waals surface area contributed by atoms with Crippen molar-refractivity contribution < 1.29 is 33.4 Å². The fourth-order valence-corrected chi connectivity index (χ4v) is 3.72. The lowest BCUT2D eigenvalue weighted by molar-refractivity contribution is -0.142. The third kappa shape index (κ3) is 4.72. The van der Waals surface area contributed by atoms with Crippen LogP contribution in [-0.4, -0.2) is 49.0 Å². The molecule has 1 aromatic heterocycles. The van der Waals surface area contributed by atoms with Crippen LogP contribution in [-0.2, 0) is 32.0 Å². The van der Waals surface area contributed by atoms with E-state index in [-0.39, 0.29) is 22.3 Å². The smallest absolute Gasteiger partial charge is 0.343 e. The summed E-state index contributed by atoms with van der Waals surface area (Å²) >= 11 is 0. The molecule has 0 spiro atoms. The number of nitrogens with zero attached hydrogens (tertiary/aromatic N) is 1. The monoisotopic (exact) mass is 452 g/mol. The normalized spacial score (nSPS) is 10.6. The number of hydrogen-bond donors (Lipinski definition) is 1. The van der Waals surface area contributed by atoms with Crippen molar-refractivity contribution in [2.45, 2.75) is 19.9 Å². The molecule has 1 heterocycles. The highest BCUT2D eigenvalue weighted by molar-refractivity contribution is 6.45. The molecule has 0 radical (unpaired) electrons. The van der Waals surface area contributed by atoms with Crippen LogP contribution in [0.1, 0.15) is 38.9 Å². The molecule has 0 atom stereocenters. The molecule has 3 rings (SSSR count). The first-order valence-corrected chi connectivity index (χ1v) is 10.2. The van der Waals surface area contributed by atoms with Crippen LogP contribution in [0.2, 0.25) is 0 Å². The van der Waals surface area contributed by atoms with Crippen LogP contribution in [0.25, 0.3) is 10.9 Å². The second kappa shape index (κ2) is 9.99. The predicted molar refractivity (Wildman–Crippen MR) is 119 cm³/mol. The first-order chi connectivity index (χ1) is 15.8. The average Bonchev–Trinajstić information content (AvgIpc) is 3.14. The Morgan fingerprint density at radius 3 is 2.27 bits per heavy atom. The van der Waals surface area contributed by atoms with E-state index in [1.807, 2.05) is 41.8 Å². The molecule has 0 aliphatic rings. The second-order valence-electron chi connectivity index (χ2n) is 7.17. The van der Waals surface area contributed by atoms with Gasteiger partial charge in [0.05, 0.1) is 36.2 Å². The number of rotatable bonds is 9. The first-order valence-electron chi connectivity index (χ1n) is 10.2. The van der Waals surface area contributed by atoms with E-state index in [4.69, 9.17) is 15.2 Å². The maximum atomic E-state index is 12.9. The van der Waals surface area contributed by atoms with Gasteiger partial charge in [0.1, 0.15) is 5.75 Å². The number of ketones is 1. The number of carbonyl (C=O) groups excluding carboxylic acids is 4. The Hall–Kier alpha value is -4.14. The summed E-state index contributed by atoms with van der Waals surface area (Å²) in [5.41, 5.74) is 7.52. The van der Waals surface area contributed by atoms with Gasteiger partial charge in [-0.1, -0.05) is 37.3 Å². The molecule has 172 valence electrons. The molecular formula is C24H24N2O7. The van der Waals surface area contributed by atoms with E-state index in [1.54, 1.807) is 6.07 Å². The van der Waals surface area contributed by atoms with Crippen LogP contribution < -0.4 is 10.5 Å². The number of carbonyl (C=O) groups is 4. The summed E-state index contributed by atoms with van der Waals surface area (Å²) in [6.07, 6.45) is 0.389. The molecule has 0 unspecified atom stereocenters. The molecule has 3 aromatic rings. The zero-order valence-corrected chi connectivity index (χ0v) is 18.5. The highest BCUT2D eigenvalue weighted by Crippen LogP contribution is 2.37. The summed E-state index contributed by atoms with van der Waals surface area (Å²) in [7, 11) is 2.45. The summed E-state index contributed by atoms with van der Waals surface area (Å²) in [5.74, 6) is -3.25. The quantitative estimate of drug-likeness (QED) is 0.300. The van der Waals surface area contributed by atoms with E-state index in [0.717, 1.165) is 5.56 Å². The number of benzene rings is 2.